The van der Waals surface area contributed by atoms with E-state index in [1.165, 1.54) is 0 Å². The Bertz CT molecular complexity index is 647. The van der Waals surface area contributed by atoms with Crippen molar-refractivity contribution in [1.29, 1.82) is 0 Å². The molecule has 0 bridgehead atoms. The number of Topliss-reactive ketones (excluding diaryl/α,β-unsaturated/α-hetero) is 1. The Morgan fingerprint density at radius 2 is 1.89 bits per heavy atom. The SMILES string of the molecule is Cc1nn(CC(=O)c2ccc(Cl)c(Cl)c2)c(C)c1C. The van der Waals surface area contributed by atoms with Crippen LogP contribution >= 0.6 is 23.2 Å². The first kappa shape index (κ1) is 14.1. The van der Waals surface area contributed by atoms with Crippen molar-refractivity contribution in [2.75, 3.05) is 0 Å². The fourth-order valence-electron chi connectivity index (χ4n) is 1.84. The highest BCUT2D eigenvalue weighted by atomic mass is 35.5. The molecule has 0 saturated heterocycles. The molecular weight excluding hydrogens is 283 g/mol. The number of hydrogen-bond acceptors (Lipinski definition) is 2. The zero-order chi connectivity index (χ0) is 14.2. The summed E-state index contributed by atoms with van der Waals surface area (Å²) >= 11 is 11.7. The maximum absolute atomic E-state index is 12.2. The van der Waals surface area contributed by atoms with Gasteiger partial charge in [-0.25, -0.2) is 0 Å². The third-order valence-electron chi connectivity index (χ3n) is 3.28. The number of carbonyl (C=O) groups is 1. The normalized spacial score (nSPS) is 10.8. The molecule has 5 heteroatoms. The van der Waals surface area contributed by atoms with Crippen LogP contribution in [0.5, 0.6) is 0 Å². The second-order valence-corrected chi connectivity index (χ2v) is 5.32. The van der Waals surface area contributed by atoms with Crippen LogP contribution < -0.4 is 0 Å². The molecule has 1 aromatic heterocycles. The summed E-state index contributed by atoms with van der Waals surface area (Å²) < 4.78 is 1.72. The van der Waals surface area contributed by atoms with E-state index in [1.54, 1.807) is 22.9 Å². The van der Waals surface area contributed by atoms with Crippen molar-refractivity contribution in [3.63, 3.8) is 0 Å². The van der Waals surface area contributed by atoms with E-state index < -0.39 is 0 Å². The number of benzene rings is 1. The second kappa shape index (κ2) is 5.35. The number of nitrogens with zero attached hydrogens (tertiary/aromatic N) is 2. The lowest BCUT2D eigenvalue weighted by atomic mass is 10.1. The summed E-state index contributed by atoms with van der Waals surface area (Å²) in [4.78, 5) is 12.2. The van der Waals surface area contributed by atoms with Gasteiger partial charge in [0.05, 0.1) is 15.7 Å². The maximum atomic E-state index is 12.2. The molecule has 0 radical (unpaired) electrons. The highest BCUT2D eigenvalue weighted by Crippen LogP contribution is 2.23. The Kier molecular flexibility index (Phi) is 3.97. The van der Waals surface area contributed by atoms with Crippen molar-refractivity contribution in [2.24, 2.45) is 0 Å². The predicted molar refractivity (Wildman–Crippen MR) is 77.2 cm³/mol. The number of halogens is 2. The molecule has 0 aliphatic rings. The van der Waals surface area contributed by atoms with Gasteiger partial charge in [-0.05, 0) is 44.5 Å². The molecule has 0 saturated carbocycles. The number of hydrogen-bond donors (Lipinski definition) is 0. The molecule has 0 fully saturated rings. The molecular formula is C14H14Cl2N2O. The summed E-state index contributed by atoms with van der Waals surface area (Å²) in [5, 5.41) is 5.18. The molecule has 0 spiro atoms. The summed E-state index contributed by atoms with van der Waals surface area (Å²) in [6.07, 6.45) is 0. The minimum Gasteiger partial charge on any atom is -0.292 e. The molecule has 1 heterocycles. The van der Waals surface area contributed by atoms with E-state index in [9.17, 15) is 4.79 Å². The van der Waals surface area contributed by atoms with Crippen LogP contribution in [0.1, 0.15) is 27.3 Å². The lowest BCUT2D eigenvalue weighted by Gasteiger charge is -2.05. The Hall–Kier alpha value is -1.32. The lowest BCUT2D eigenvalue weighted by Crippen LogP contribution is -2.13. The Labute approximate surface area is 122 Å². The van der Waals surface area contributed by atoms with Crippen molar-refractivity contribution in [1.82, 2.24) is 9.78 Å². The van der Waals surface area contributed by atoms with Gasteiger partial charge in [-0.1, -0.05) is 23.2 Å². The van der Waals surface area contributed by atoms with E-state index in [0.29, 0.717) is 15.6 Å². The molecule has 0 amide bonds. The third kappa shape index (κ3) is 2.82. The Morgan fingerprint density at radius 3 is 2.42 bits per heavy atom. The number of carbonyl (C=O) groups excluding carboxylic acids is 1. The van der Waals surface area contributed by atoms with Crippen LogP contribution in [0, 0.1) is 20.8 Å². The van der Waals surface area contributed by atoms with Gasteiger partial charge in [0.25, 0.3) is 0 Å². The largest absolute Gasteiger partial charge is 0.292 e. The lowest BCUT2D eigenvalue weighted by molar-refractivity contribution is 0.0966. The molecule has 0 aliphatic carbocycles. The minimum atomic E-state index is -0.0378. The van der Waals surface area contributed by atoms with Gasteiger partial charge in [-0.2, -0.15) is 5.10 Å². The van der Waals surface area contributed by atoms with Gasteiger partial charge in [0.1, 0.15) is 6.54 Å². The number of ketones is 1. The van der Waals surface area contributed by atoms with Crippen LogP contribution in [-0.4, -0.2) is 15.6 Å². The van der Waals surface area contributed by atoms with Crippen LogP contribution in [0.4, 0.5) is 0 Å². The van der Waals surface area contributed by atoms with Crippen LogP contribution in [0.2, 0.25) is 10.0 Å². The van der Waals surface area contributed by atoms with E-state index in [0.717, 1.165) is 17.0 Å². The summed E-state index contributed by atoms with van der Waals surface area (Å²) in [7, 11) is 0. The standard InChI is InChI=1S/C14H14Cl2N2O/c1-8-9(2)17-18(10(8)3)7-14(19)11-4-5-12(15)13(16)6-11/h4-6H,7H2,1-3H3. The molecule has 0 atom stereocenters. The van der Waals surface area contributed by atoms with Crippen molar-refractivity contribution < 1.29 is 4.79 Å². The van der Waals surface area contributed by atoms with Crippen LogP contribution in [-0.2, 0) is 6.54 Å². The van der Waals surface area contributed by atoms with Crippen molar-refractivity contribution in [3.8, 4) is 0 Å². The maximum Gasteiger partial charge on any atom is 0.184 e. The van der Waals surface area contributed by atoms with E-state index in [1.807, 2.05) is 20.8 Å². The van der Waals surface area contributed by atoms with E-state index in [-0.39, 0.29) is 12.3 Å². The summed E-state index contributed by atoms with van der Waals surface area (Å²) in [5.41, 5.74) is 3.60. The highest BCUT2D eigenvalue weighted by Gasteiger charge is 2.13. The van der Waals surface area contributed by atoms with Gasteiger partial charge in [0.15, 0.2) is 5.78 Å². The first-order valence-electron chi connectivity index (χ1n) is 5.89. The average molecular weight is 297 g/mol. The first-order valence-corrected chi connectivity index (χ1v) is 6.64. The fourth-order valence-corrected chi connectivity index (χ4v) is 2.14. The number of aryl methyl sites for hydroxylation is 1. The van der Waals surface area contributed by atoms with Crippen LogP contribution in [0.25, 0.3) is 0 Å². The fraction of sp³-hybridized carbons (Fsp3) is 0.286. The van der Waals surface area contributed by atoms with Crippen LogP contribution in [0.15, 0.2) is 18.2 Å². The average Bonchev–Trinajstić information content (AvgIpc) is 2.60. The van der Waals surface area contributed by atoms with Crippen molar-refractivity contribution in [2.45, 2.75) is 27.3 Å². The number of aromatic nitrogens is 2. The van der Waals surface area contributed by atoms with Gasteiger partial charge >= 0.3 is 0 Å². The summed E-state index contributed by atoms with van der Waals surface area (Å²) in [6, 6.07) is 4.89. The van der Waals surface area contributed by atoms with Crippen molar-refractivity contribution >= 4 is 29.0 Å². The quantitative estimate of drug-likeness (QED) is 0.803. The molecule has 19 heavy (non-hydrogen) atoms. The minimum absolute atomic E-state index is 0.0378. The first-order chi connectivity index (χ1) is 8.90. The molecule has 0 N–H and O–H groups in total. The number of rotatable bonds is 3. The zero-order valence-electron chi connectivity index (χ0n) is 11.0. The monoisotopic (exact) mass is 296 g/mol. The smallest absolute Gasteiger partial charge is 0.184 e. The van der Waals surface area contributed by atoms with E-state index in [2.05, 4.69) is 5.10 Å². The molecule has 2 aromatic rings. The van der Waals surface area contributed by atoms with Gasteiger partial charge in [0.2, 0.25) is 0 Å². The molecule has 0 aliphatic heterocycles. The summed E-state index contributed by atoms with van der Waals surface area (Å²) in [6.45, 7) is 6.09. The van der Waals surface area contributed by atoms with Crippen LogP contribution in [0.3, 0.4) is 0 Å². The zero-order valence-corrected chi connectivity index (χ0v) is 12.5. The van der Waals surface area contributed by atoms with Crippen molar-refractivity contribution in [3.05, 3.63) is 50.8 Å². The Morgan fingerprint density at radius 1 is 1.21 bits per heavy atom. The topological polar surface area (TPSA) is 34.9 Å². The molecule has 100 valence electrons. The Balaban J connectivity index is 2.25. The van der Waals surface area contributed by atoms with E-state index in [4.69, 9.17) is 23.2 Å². The van der Waals surface area contributed by atoms with Gasteiger partial charge < -0.3 is 0 Å². The predicted octanol–water partition coefficient (Wildman–Crippen LogP) is 4.00. The molecule has 2 rings (SSSR count). The summed E-state index contributed by atoms with van der Waals surface area (Å²) in [5.74, 6) is -0.0378. The van der Waals surface area contributed by atoms with E-state index >= 15 is 0 Å². The second-order valence-electron chi connectivity index (χ2n) is 4.51. The third-order valence-corrected chi connectivity index (χ3v) is 4.02. The van der Waals surface area contributed by atoms with Gasteiger partial charge in [-0.15, -0.1) is 0 Å². The van der Waals surface area contributed by atoms with Gasteiger partial charge in [0, 0.05) is 11.3 Å². The highest BCUT2D eigenvalue weighted by molar-refractivity contribution is 6.42. The van der Waals surface area contributed by atoms with Gasteiger partial charge in [-0.3, -0.25) is 9.48 Å². The molecule has 0 unspecified atom stereocenters. The molecule has 1 aromatic carbocycles. The molecule has 3 nitrogen and oxygen atoms in total.